The molecule has 1 amide bonds. The third-order valence-corrected chi connectivity index (χ3v) is 3.90. The second kappa shape index (κ2) is 6.16. The summed E-state index contributed by atoms with van der Waals surface area (Å²) in [6.07, 6.45) is 2.32. The minimum Gasteiger partial charge on any atom is -0.483 e. The molecule has 2 N–H and O–H groups in total. The van der Waals surface area contributed by atoms with E-state index in [9.17, 15) is 4.79 Å². The first-order valence-corrected chi connectivity index (χ1v) is 7.24. The Balaban J connectivity index is 2.02. The molecule has 5 heteroatoms. The van der Waals surface area contributed by atoms with Gasteiger partial charge in [-0.1, -0.05) is 24.2 Å². The maximum absolute atomic E-state index is 11.9. The second-order valence-corrected chi connectivity index (χ2v) is 5.90. The Morgan fingerprint density at radius 2 is 2.19 bits per heavy atom. The van der Waals surface area contributed by atoms with Crippen molar-refractivity contribution in [1.29, 1.82) is 0 Å². The van der Waals surface area contributed by atoms with Crippen LogP contribution in [0.25, 0.3) is 0 Å². The van der Waals surface area contributed by atoms with Crippen LogP contribution in [0.3, 0.4) is 0 Å². The second-order valence-electron chi connectivity index (χ2n) is 5.90. The van der Waals surface area contributed by atoms with Crippen molar-refractivity contribution in [3.05, 3.63) is 29.3 Å². The van der Waals surface area contributed by atoms with E-state index >= 15 is 0 Å². The molecule has 0 saturated heterocycles. The van der Waals surface area contributed by atoms with E-state index in [1.807, 2.05) is 39.0 Å². The van der Waals surface area contributed by atoms with Crippen LogP contribution >= 0.6 is 0 Å². The number of carbonyl (C=O) groups excluding carboxylic acids is 1. The molecule has 5 nitrogen and oxygen atoms in total. The SMILES string of the molecule is CCC(C)(C)NC(=O)COc1cccc2c1CCC2=NO. The molecule has 0 aromatic heterocycles. The number of benzene rings is 1. The van der Waals surface area contributed by atoms with Gasteiger partial charge in [0.25, 0.3) is 5.91 Å². The van der Waals surface area contributed by atoms with Crippen LogP contribution in [0.2, 0.25) is 0 Å². The molecule has 1 aliphatic rings. The number of rotatable bonds is 5. The molecular formula is C16H22N2O3. The Morgan fingerprint density at radius 3 is 2.86 bits per heavy atom. The van der Waals surface area contributed by atoms with Gasteiger partial charge in [0.1, 0.15) is 5.75 Å². The smallest absolute Gasteiger partial charge is 0.258 e. The Hall–Kier alpha value is -2.04. The minimum atomic E-state index is -0.226. The van der Waals surface area contributed by atoms with Gasteiger partial charge in [-0.3, -0.25) is 4.79 Å². The molecule has 1 aromatic rings. The number of hydrogen-bond donors (Lipinski definition) is 2. The average molecular weight is 290 g/mol. The zero-order valence-electron chi connectivity index (χ0n) is 12.8. The molecule has 0 saturated carbocycles. The minimum absolute atomic E-state index is 0.00845. The van der Waals surface area contributed by atoms with Crippen molar-refractivity contribution in [3.63, 3.8) is 0 Å². The lowest BCUT2D eigenvalue weighted by atomic mass is 10.0. The van der Waals surface area contributed by atoms with E-state index in [-0.39, 0.29) is 18.1 Å². The number of nitrogens with one attached hydrogen (secondary N) is 1. The van der Waals surface area contributed by atoms with Crippen molar-refractivity contribution in [2.24, 2.45) is 5.16 Å². The molecule has 1 aliphatic carbocycles. The summed E-state index contributed by atoms with van der Waals surface area (Å²) in [5.74, 6) is 0.559. The maximum Gasteiger partial charge on any atom is 0.258 e. The van der Waals surface area contributed by atoms with E-state index in [1.54, 1.807) is 0 Å². The van der Waals surface area contributed by atoms with Gasteiger partial charge < -0.3 is 15.3 Å². The molecule has 0 radical (unpaired) electrons. The number of ether oxygens (including phenoxy) is 1. The first-order chi connectivity index (χ1) is 9.96. The van der Waals surface area contributed by atoms with Crippen LogP contribution in [0.5, 0.6) is 5.75 Å². The van der Waals surface area contributed by atoms with Crippen LogP contribution in [-0.4, -0.2) is 29.0 Å². The molecule has 21 heavy (non-hydrogen) atoms. The molecule has 0 aliphatic heterocycles. The van der Waals surface area contributed by atoms with Gasteiger partial charge in [-0.25, -0.2) is 0 Å². The van der Waals surface area contributed by atoms with Crippen molar-refractivity contribution >= 4 is 11.6 Å². The molecule has 2 rings (SSSR count). The number of carbonyl (C=O) groups is 1. The fraction of sp³-hybridized carbons (Fsp3) is 0.500. The number of oxime groups is 1. The summed E-state index contributed by atoms with van der Waals surface area (Å²) in [6.45, 7) is 5.98. The lowest BCUT2D eigenvalue weighted by Gasteiger charge is -2.24. The fourth-order valence-electron chi connectivity index (χ4n) is 2.36. The van der Waals surface area contributed by atoms with E-state index < -0.39 is 0 Å². The van der Waals surface area contributed by atoms with Crippen LogP contribution in [0.1, 0.15) is 44.7 Å². The predicted octanol–water partition coefficient (Wildman–Crippen LogP) is 2.49. The summed E-state index contributed by atoms with van der Waals surface area (Å²) in [5, 5.41) is 15.2. The molecule has 0 fully saturated rings. The van der Waals surface area contributed by atoms with E-state index in [4.69, 9.17) is 9.94 Å². The van der Waals surface area contributed by atoms with Gasteiger partial charge in [0.15, 0.2) is 6.61 Å². The summed E-state index contributed by atoms with van der Waals surface area (Å²) in [7, 11) is 0. The highest BCUT2D eigenvalue weighted by atomic mass is 16.5. The third-order valence-electron chi connectivity index (χ3n) is 3.90. The van der Waals surface area contributed by atoms with E-state index in [0.717, 1.165) is 24.0 Å². The van der Waals surface area contributed by atoms with E-state index in [2.05, 4.69) is 10.5 Å². The number of fused-ring (bicyclic) bond motifs is 1. The lowest BCUT2D eigenvalue weighted by molar-refractivity contribution is -0.124. The van der Waals surface area contributed by atoms with Crippen LogP contribution in [0, 0.1) is 0 Å². The first-order valence-electron chi connectivity index (χ1n) is 7.24. The first kappa shape index (κ1) is 15.4. The number of amides is 1. The van der Waals surface area contributed by atoms with E-state index in [1.165, 1.54) is 0 Å². The average Bonchev–Trinajstić information content (AvgIpc) is 2.88. The van der Waals surface area contributed by atoms with Crippen molar-refractivity contribution in [2.75, 3.05) is 6.61 Å². The van der Waals surface area contributed by atoms with Gasteiger partial charge in [0.05, 0.1) is 5.71 Å². The predicted molar refractivity (Wildman–Crippen MR) is 81.1 cm³/mol. The summed E-state index contributed by atoms with van der Waals surface area (Å²) in [5.41, 5.74) is 2.36. The van der Waals surface area contributed by atoms with Gasteiger partial charge in [-0.2, -0.15) is 0 Å². The normalized spacial score (nSPS) is 15.9. The van der Waals surface area contributed by atoms with Gasteiger partial charge >= 0.3 is 0 Å². The zero-order valence-corrected chi connectivity index (χ0v) is 12.8. The Labute approximate surface area is 125 Å². The maximum atomic E-state index is 11.9. The molecule has 0 heterocycles. The van der Waals surface area contributed by atoms with Gasteiger partial charge in [-0.05, 0) is 39.2 Å². The van der Waals surface area contributed by atoms with Crippen molar-refractivity contribution in [3.8, 4) is 5.75 Å². The Morgan fingerprint density at radius 1 is 1.43 bits per heavy atom. The highest BCUT2D eigenvalue weighted by Crippen LogP contribution is 2.30. The number of hydrogen-bond acceptors (Lipinski definition) is 4. The quantitative estimate of drug-likeness (QED) is 0.646. The van der Waals surface area contributed by atoms with Crippen LogP contribution in [0.15, 0.2) is 23.4 Å². The van der Waals surface area contributed by atoms with Gasteiger partial charge in [0.2, 0.25) is 0 Å². The molecule has 0 bridgehead atoms. The molecule has 0 unspecified atom stereocenters. The summed E-state index contributed by atoms with van der Waals surface area (Å²) in [4.78, 5) is 11.9. The molecule has 114 valence electrons. The van der Waals surface area contributed by atoms with Crippen molar-refractivity contribution < 1.29 is 14.7 Å². The van der Waals surface area contributed by atoms with E-state index in [0.29, 0.717) is 17.9 Å². The standard InChI is InChI=1S/C16H22N2O3/c1-4-16(2,3)17-15(19)10-21-14-7-5-6-11-12(14)8-9-13(11)18-20/h5-7,20H,4,8-10H2,1-3H3,(H,17,19). The largest absolute Gasteiger partial charge is 0.483 e. The van der Waals surface area contributed by atoms with Gasteiger partial charge in [-0.15, -0.1) is 0 Å². The van der Waals surface area contributed by atoms with Crippen LogP contribution < -0.4 is 10.1 Å². The lowest BCUT2D eigenvalue weighted by Crippen LogP contribution is -2.44. The van der Waals surface area contributed by atoms with Crippen molar-refractivity contribution in [2.45, 2.75) is 45.6 Å². The summed E-state index contributed by atoms with van der Waals surface area (Å²) in [6, 6.07) is 5.60. The molecule has 1 aromatic carbocycles. The van der Waals surface area contributed by atoms with Gasteiger partial charge in [0, 0.05) is 16.7 Å². The topological polar surface area (TPSA) is 70.9 Å². The number of nitrogens with zero attached hydrogens (tertiary/aromatic N) is 1. The molecular weight excluding hydrogens is 268 g/mol. The Bertz CT molecular complexity index is 565. The highest BCUT2D eigenvalue weighted by Gasteiger charge is 2.23. The highest BCUT2D eigenvalue weighted by molar-refractivity contribution is 6.04. The summed E-state index contributed by atoms with van der Waals surface area (Å²) < 4.78 is 5.65. The monoisotopic (exact) mass is 290 g/mol. The zero-order chi connectivity index (χ0) is 15.5. The summed E-state index contributed by atoms with van der Waals surface area (Å²) >= 11 is 0. The molecule has 0 atom stereocenters. The van der Waals surface area contributed by atoms with Crippen LogP contribution in [0.4, 0.5) is 0 Å². The fourth-order valence-corrected chi connectivity index (χ4v) is 2.36. The third kappa shape index (κ3) is 3.54. The molecule has 0 spiro atoms. The van der Waals surface area contributed by atoms with Crippen molar-refractivity contribution in [1.82, 2.24) is 5.32 Å². The van der Waals surface area contributed by atoms with Crippen LogP contribution in [-0.2, 0) is 11.2 Å². The Kier molecular flexibility index (Phi) is 4.50.